The van der Waals surface area contributed by atoms with Crippen molar-refractivity contribution in [3.05, 3.63) is 0 Å². The maximum Gasteiger partial charge on any atom is 0.421 e. The zero-order chi connectivity index (χ0) is 13.1. The molecular weight excluding hydrogens is 246 g/mol. The molecule has 0 unspecified atom stereocenters. The van der Waals surface area contributed by atoms with Crippen molar-refractivity contribution < 1.29 is 17.9 Å². The minimum absolute atomic E-state index is 0.125. The first-order valence-corrected chi connectivity index (χ1v) is 7.14. The van der Waals surface area contributed by atoms with Crippen molar-refractivity contribution in [1.82, 2.24) is 9.44 Å². The van der Waals surface area contributed by atoms with E-state index in [2.05, 4.69) is 9.46 Å². The van der Waals surface area contributed by atoms with Crippen LogP contribution in [0.2, 0.25) is 0 Å². The van der Waals surface area contributed by atoms with E-state index in [1.165, 1.54) is 0 Å². The molecule has 0 fully saturated rings. The van der Waals surface area contributed by atoms with Crippen molar-refractivity contribution in [3.63, 3.8) is 0 Å². The zero-order valence-electron chi connectivity index (χ0n) is 10.1. The first kappa shape index (κ1) is 16.1. The molecule has 0 aromatic carbocycles. The molecule has 0 aliphatic rings. The normalized spacial score (nSPS) is 11.2. The van der Waals surface area contributed by atoms with Crippen LogP contribution in [0.25, 0.3) is 0 Å². The Bertz CT molecular complexity index is 305. The molecule has 0 radical (unpaired) electrons. The summed E-state index contributed by atoms with van der Waals surface area (Å²) in [5.41, 5.74) is 5.32. The predicted octanol–water partition coefficient (Wildman–Crippen LogP) is 0.0860. The van der Waals surface area contributed by atoms with E-state index in [1.807, 2.05) is 0 Å². The third-order valence-corrected chi connectivity index (χ3v) is 2.94. The second-order valence-electron chi connectivity index (χ2n) is 3.42. The van der Waals surface area contributed by atoms with Gasteiger partial charge in [0.1, 0.15) is 0 Å². The summed E-state index contributed by atoms with van der Waals surface area (Å²) in [7, 11) is -3.79. The van der Waals surface area contributed by atoms with Crippen LogP contribution in [0.4, 0.5) is 4.79 Å². The number of unbranched alkanes of at least 4 members (excludes halogenated alkanes) is 3. The Labute approximate surface area is 102 Å². The molecule has 8 heteroatoms. The molecule has 0 aromatic rings. The molecule has 1 amide bonds. The van der Waals surface area contributed by atoms with Gasteiger partial charge in [-0.05, 0) is 26.3 Å². The molecule has 0 aromatic heterocycles. The van der Waals surface area contributed by atoms with E-state index in [0.717, 1.165) is 19.3 Å². The summed E-state index contributed by atoms with van der Waals surface area (Å²) in [6, 6.07) is 0. The van der Waals surface area contributed by atoms with Crippen molar-refractivity contribution in [2.24, 2.45) is 5.73 Å². The van der Waals surface area contributed by atoms with Gasteiger partial charge in [0.2, 0.25) is 0 Å². The molecule has 0 bridgehead atoms. The topological polar surface area (TPSA) is 111 Å². The first-order chi connectivity index (χ1) is 8.02. The first-order valence-electron chi connectivity index (χ1n) is 5.66. The summed E-state index contributed by atoms with van der Waals surface area (Å²) < 4.78 is 31.0. The summed E-state index contributed by atoms with van der Waals surface area (Å²) in [5, 5.41) is 0. The zero-order valence-corrected chi connectivity index (χ0v) is 10.9. The summed E-state index contributed by atoms with van der Waals surface area (Å²) >= 11 is 0. The van der Waals surface area contributed by atoms with E-state index in [1.54, 1.807) is 11.6 Å². The summed E-state index contributed by atoms with van der Waals surface area (Å²) in [6.45, 7) is 2.66. The highest BCUT2D eigenvalue weighted by Gasteiger charge is 2.13. The summed E-state index contributed by atoms with van der Waals surface area (Å²) in [6.07, 6.45) is 2.56. The van der Waals surface area contributed by atoms with Crippen LogP contribution >= 0.6 is 0 Å². The Morgan fingerprint density at radius 2 is 1.88 bits per heavy atom. The van der Waals surface area contributed by atoms with Gasteiger partial charge >= 0.3 is 16.3 Å². The molecule has 0 aliphatic carbocycles. The van der Waals surface area contributed by atoms with Gasteiger partial charge in [-0.1, -0.05) is 12.8 Å². The Balaban J connectivity index is 3.68. The fourth-order valence-corrected chi connectivity index (χ4v) is 1.90. The van der Waals surface area contributed by atoms with Gasteiger partial charge in [-0.25, -0.2) is 9.52 Å². The van der Waals surface area contributed by atoms with Gasteiger partial charge in [0.15, 0.2) is 0 Å². The van der Waals surface area contributed by atoms with Gasteiger partial charge in [-0.15, -0.1) is 0 Å². The smallest absolute Gasteiger partial charge is 0.421 e. The highest BCUT2D eigenvalue weighted by atomic mass is 32.2. The highest BCUT2D eigenvalue weighted by Crippen LogP contribution is 1.97. The molecule has 4 N–H and O–H groups in total. The molecule has 0 rings (SSSR count). The molecule has 17 heavy (non-hydrogen) atoms. The van der Waals surface area contributed by atoms with E-state index in [-0.39, 0.29) is 6.61 Å². The van der Waals surface area contributed by atoms with Gasteiger partial charge < -0.3 is 10.5 Å². The second kappa shape index (κ2) is 9.20. The average Bonchev–Trinajstić information content (AvgIpc) is 2.22. The summed E-state index contributed by atoms with van der Waals surface area (Å²) in [5.74, 6) is 0. The number of hydrogen-bond donors (Lipinski definition) is 3. The minimum atomic E-state index is -3.79. The van der Waals surface area contributed by atoms with Crippen molar-refractivity contribution in [2.75, 3.05) is 19.7 Å². The Hall–Kier alpha value is -0.860. The van der Waals surface area contributed by atoms with E-state index in [4.69, 9.17) is 5.73 Å². The number of amides is 1. The van der Waals surface area contributed by atoms with Gasteiger partial charge in [-0.2, -0.15) is 13.1 Å². The van der Waals surface area contributed by atoms with Gasteiger partial charge in [0, 0.05) is 6.54 Å². The molecular formula is C9H21N3O4S. The minimum Gasteiger partial charge on any atom is -0.449 e. The van der Waals surface area contributed by atoms with Crippen LogP contribution in [0.5, 0.6) is 0 Å². The van der Waals surface area contributed by atoms with Gasteiger partial charge in [0.25, 0.3) is 0 Å². The third-order valence-electron chi connectivity index (χ3n) is 1.92. The largest absolute Gasteiger partial charge is 0.449 e. The third kappa shape index (κ3) is 10.0. The van der Waals surface area contributed by atoms with Crippen molar-refractivity contribution in [1.29, 1.82) is 0 Å². The van der Waals surface area contributed by atoms with E-state index in [0.29, 0.717) is 19.5 Å². The number of ether oxygens (including phenoxy) is 1. The molecule has 0 saturated carbocycles. The van der Waals surface area contributed by atoms with E-state index >= 15 is 0 Å². The predicted molar refractivity (Wildman–Crippen MR) is 64.6 cm³/mol. The molecule has 102 valence electrons. The lowest BCUT2D eigenvalue weighted by Gasteiger charge is -2.07. The standard InChI is InChI=1S/C9H21N3O4S/c1-2-16-9(13)12-17(14,15)11-8-6-4-3-5-7-10/h11H,2-8,10H2,1H3,(H,12,13). The van der Waals surface area contributed by atoms with Crippen LogP contribution in [-0.4, -0.2) is 34.2 Å². The number of carbonyl (C=O) groups is 1. The molecule has 0 saturated heterocycles. The number of hydrogen-bond acceptors (Lipinski definition) is 5. The molecule has 7 nitrogen and oxygen atoms in total. The van der Waals surface area contributed by atoms with Crippen LogP contribution in [0, 0.1) is 0 Å². The summed E-state index contributed by atoms with van der Waals surface area (Å²) in [4.78, 5) is 10.9. The molecule has 0 heterocycles. The molecule has 0 aliphatic heterocycles. The fraction of sp³-hybridized carbons (Fsp3) is 0.889. The lowest BCUT2D eigenvalue weighted by Crippen LogP contribution is -2.40. The van der Waals surface area contributed by atoms with Gasteiger partial charge in [-0.3, -0.25) is 0 Å². The second-order valence-corrected chi connectivity index (χ2v) is 4.92. The highest BCUT2D eigenvalue weighted by molar-refractivity contribution is 7.88. The SMILES string of the molecule is CCOC(=O)NS(=O)(=O)NCCCCCCN. The van der Waals surface area contributed by atoms with Crippen molar-refractivity contribution >= 4 is 16.3 Å². The number of rotatable bonds is 9. The van der Waals surface area contributed by atoms with Crippen LogP contribution in [0.3, 0.4) is 0 Å². The lowest BCUT2D eigenvalue weighted by molar-refractivity contribution is 0.158. The average molecular weight is 267 g/mol. The number of carbonyl (C=O) groups excluding carboxylic acids is 1. The van der Waals surface area contributed by atoms with Crippen molar-refractivity contribution in [2.45, 2.75) is 32.6 Å². The van der Waals surface area contributed by atoms with E-state index < -0.39 is 16.3 Å². The van der Waals surface area contributed by atoms with Crippen LogP contribution in [0.1, 0.15) is 32.6 Å². The van der Waals surface area contributed by atoms with Crippen molar-refractivity contribution in [3.8, 4) is 0 Å². The molecule has 0 atom stereocenters. The van der Waals surface area contributed by atoms with Crippen LogP contribution in [-0.2, 0) is 14.9 Å². The quantitative estimate of drug-likeness (QED) is 0.513. The Kier molecular flexibility index (Phi) is 8.73. The van der Waals surface area contributed by atoms with Crippen LogP contribution < -0.4 is 15.2 Å². The Morgan fingerprint density at radius 1 is 1.24 bits per heavy atom. The fourth-order valence-electron chi connectivity index (χ4n) is 1.14. The maximum absolute atomic E-state index is 11.3. The monoisotopic (exact) mass is 267 g/mol. The molecule has 0 spiro atoms. The van der Waals surface area contributed by atoms with E-state index in [9.17, 15) is 13.2 Å². The van der Waals surface area contributed by atoms with Gasteiger partial charge in [0.05, 0.1) is 6.61 Å². The lowest BCUT2D eigenvalue weighted by atomic mass is 10.2. The maximum atomic E-state index is 11.3. The number of nitrogens with one attached hydrogen (secondary N) is 2. The Morgan fingerprint density at radius 3 is 2.47 bits per heavy atom. The van der Waals surface area contributed by atoms with Crippen LogP contribution in [0.15, 0.2) is 0 Å². The number of nitrogens with two attached hydrogens (primary N) is 1.